The molecule has 2 aromatic rings. The molecule has 0 radical (unpaired) electrons. The van der Waals surface area contributed by atoms with Crippen LogP contribution in [-0.2, 0) is 6.42 Å². The average molecular weight is 289 g/mol. The van der Waals surface area contributed by atoms with E-state index in [0.29, 0.717) is 6.04 Å². The molecule has 20 heavy (non-hydrogen) atoms. The van der Waals surface area contributed by atoms with Crippen LogP contribution >= 0.6 is 11.8 Å². The summed E-state index contributed by atoms with van der Waals surface area (Å²) in [4.78, 5) is 4.83. The summed E-state index contributed by atoms with van der Waals surface area (Å²) in [6.45, 7) is 2.22. The summed E-state index contributed by atoms with van der Waals surface area (Å²) in [6, 6.07) is 6.76. The fourth-order valence-corrected chi connectivity index (χ4v) is 4.13. The number of nitrogens with zero attached hydrogens (tertiary/aromatic N) is 2. The molecule has 1 aromatic carbocycles. The van der Waals surface area contributed by atoms with Gasteiger partial charge in [0.05, 0.1) is 11.0 Å². The number of hydrogen-bond acceptors (Lipinski definition) is 3. The molecule has 1 fully saturated rings. The zero-order valence-corrected chi connectivity index (χ0v) is 13.1. The molecule has 1 aliphatic rings. The van der Waals surface area contributed by atoms with Gasteiger partial charge in [0, 0.05) is 23.4 Å². The lowest BCUT2D eigenvalue weighted by atomic mass is 10.2. The lowest BCUT2D eigenvalue weighted by molar-refractivity contribution is 0.509. The normalized spacial score (nSPS) is 22.7. The van der Waals surface area contributed by atoms with E-state index in [1.807, 2.05) is 23.9 Å². The fraction of sp³-hybridized carbons (Fsp3) is 0.562. The second-order valence-corrected chi connectivity index (χ2v) is 6.86. The molecule has 3 rings (SSSR count). The molecule has 1 aromatic heterocycles. The minimum atomic E-state index is 0.614. The van der Waals surface area contributed by atoms with E-state index in [0.717, 1.165) is 29.3 Å². The Morgan fingerprint density at radius 1 is 1.40 bits per heavy atom. The highest BCUT2D eigenvalue weighted by atomic mass is 32.2. The van der Waals surface area contributed by atoms with Crippen LogP contribution in [0.2, 0.25) is 0 Å². The Labute approximate surface area is 124 Å². The molecule has 3 nitrogen and oxygen atoms in total. The second kappa shape index (κ2) is 5.68. The molecule has 1 aliphatic carbocycles. The molecule has 0 amide bonds. The number of aryl methyl sites for hydroxylation is 1. The van der Waals surface area contributed by atoms with Gasteiger partial charge in [0.1, 0.15) is 5.82 Å². The maximum atomic E-state index is 5.90. The van der Waals surface area contributed by atoms with Crippen LogP contribution in [0.25, 0.3) is 11.0 Å². The van der Waals surface area contributed by atoms with Crippen LogP contribution in [0.4, 0.5) is 5.69 Å². The van der Waals surface area contributed by atoms with E-state index in [1.54, 1.807) is 0 Å². The number of fused-ring (bicyclic) bond motifs is 1. The van der Waals surface area contributed by atoms with Gasteiger partial charge in [0.2, 0.25) is 0 Å². The van der Waals surface area contributed by atoms with Crippen molar-refractivity contribution in [3.8, 4) is 0 Å². The lowest BCUT2D eigenvalue weighted by Gasteiger charge is -2.17. The van der Waals surface area contributed by atoms with E-state index >= 15 is 0 Å². The van der Waals surface area contributed by atoms with E-state index in [4.69, 9.17) is 10.7 Å². The summed E-state index contributed by atoms with van der Waals surface area (Å²) in [5.74, 6) is 1.24. The van der Waals surface area contributed by atoms with Gasteiger partial charge in [-0.1, -0.05) is 6.92 Å². The lowest BCUT2D eigenvalue weighted by Crippen LogP contribution is -2.10. The number of nitrogens with two attached hydrogens (primary N) is 1. The molecule has 0 bridgehead atoms. The van der Waals surface area contributed by atoms with Gasteiger partial charge in [0.15, 0.2) is 0 Å². The van der Waals surface area contributed by atoms with Crippen molar-refractivity contribution < 1.29 is 0 Å². The van der Waals surface area contributed by atoms with Crippen LogP contribution in [0.5, 0.6) is 0 Å². The molecule has 0 saturated heterocycles. The van der Waals surface area contributed by atoms with E-state index in [-0.39, 0.29) is 0 Å². The first kappa shape index (κ1) is 13.8. The maximum absolute atomic E-state index is 5.90. The standard InChI is InChI=1S/C16H23N3S/c1-3-4-16-18-14-9-11(17)5-8-15(14)19(16)12-6-7-13(10-12)20-2/h5,8-9,12-13H,3-4,6-7,10,17H2,1-2H3. The van der Waals surface area contributed by atoms with Crippen molar-refractivity contribution in [2.75, 3.05) is 12.0 Å². The first-order valence-corrected chi connectivity index (χ1v) is 8.80. The maximum Gasteiger partial charge on any atom is 0.110 e. The van der Waals surface area contributed by atoms with Crippen molar-refractivity contribution in [3.63, 3.8) is 0 Å². The van der Waals surface area contributed by atoms with Gasteiger partial charge in [-0.05, 0) is 50.1 Å². The molecule has 2 atom stereocenters. The number of imidazole rings is 1. The highest BCUT2D eigenvalue weighted by Crippen LogP contribution is 2.38. The summed E-state index contributed by atoms with van der Waals surface area (Å²) in [5, 5.41) is 0.806. The zero-order chi connectivity index (χ0) is 14.1. The molecular formula is C16H23N3S. The van der Waals surface area contributed by atoms with Crippen molar-refractivity contribution in [1.29, 1.82) is 0 Å². The highest BCUT2D eigenvalue weighted by Gasteiger charge is 2.28. The number of benzene rings is 1. The summed E-state index contributed by atoms with van der Waals surface area (Å²) < 4.78 is 2.49. The number of thioether (sulfide) groups is 1. The predicted molar refractivity (Wildman–Crippen MR) is 88.3 cm³/mol. The number of nitrogen functional groups attached to an aromatic ring is 1. The number of aromatic nitrogens is 2. The van der Waals surface area contributed by atoms with E-state index < -0.39 is 0 Å². The number of hydrogen-bond donors (Lipinski definition) is 1. The van der Waals surface area contributed by atoms with Gasteiger partial charge >= 0.3 is 0 Å². The Hall–Kier alpha value is -1.16. The molecule has 108 valence electrons. The van der Waals surface area contributed by atoms with Crippen molar-refractivity contribution >= 4 is 28.5 Å². The fourth-order valence-electron chi connectivity index (χ4n) is 3.34. The molecule has 1 heterocycles. The summed E-state index contributed by atoms with van der Waals surface area (Å²) in [7, 11) is 0. The Bertz CT molecular complexity index is 605. The van der Waals surface area contributed by atoms with Crippen LogP contribution in [0, 0.1) is 0 Å². The van der Waals surface area contributed by atoms with Gasteiger partial charge in [-0.15, -0.1) is 0 Å². The molecule has 4 heteroatoms. The Balaban J connectivity index is 2.05. The van der Waals surface area contributed by atoms with Gasteiger partial charge in [-0.2, -0.15) is 11.8 Å². The minimum Gasteiger partial charge on any atom is -0.399 e. The minimum absolute atomic E-state index is 0.614. The van der Waals surface area contributed by atoms with E-state index in [1.165, 1.54) is 30.6 Å². The zero-order valence-electron chi connectivity index (χ0n) is 12.3. The molecule has 2 unspecified atom stereocenters. The smallest absolute Gasteiger partial charge is 0.110 e. The Morgan fingerprint density at radius 2 is 2.25 bits per heavy atom. The SMILES string of the molecule is CCCc1nc2cc(N)ccc2n1C1CCC(SC)C1. The molecule has 0 aliphatic heterocycles. The first-order chi connectivity index (χ1) is 9.72. The van der Waals surface area contributed by atoms with E-state index in [2.05, 4.69) is 23.8 Å². The Kier molecular flexibility index (Phi) is 3.92. The molecule has 1 saturated carbocycles. The van der Waals surface area contributed by atoms with Crippen molar-refractivity contribution in [3.05, 3.63) is 24.0 Å². The quantitative estimate of drug-likeness (QED) is 0.864. The number of anilines is 1. The predicted octanol–water partition coefficient (Wildman–Crippen LogP) is 4.03. The summed E-state index contributed by atoms with van der Waals surface area (Å²) in [6.07, 6.45) is 8.29. The van der Waals surface area contributed by atoms with Gasteiger partial charge in [-0.25, -0.2) is 4.98 Å². The largest absolute Gasteiger partial charge is 0.399 e. The topological polar surface area (TPSA) is 43.8 Å². The molecule has 0 spiro atoms. The Morgan fingerprint density at radius 3 is 2.95 bits per heavy atom. The van der Waals surface area contributed by atoms with E-state index in [9.17, 15) is 0 Å². The molecular weight excluding hydrogens is 266 g/mol. The monoisotopic (exact) mass is 289 g/mol. The van der Waals surface area contributed by atoms with Crippen molar-refractivity contribution in [2.24, 2.45) is 0 Å². The van der Waals surface area contributed by atoms with Crippen LogP contribution < -0.4 is 5.73 Å². The summed E-state index contributed by atoms with van der Waals surface area (Å²) in [5.41, 5.74) is 9.02. The van der Waals surface area contributed by atoms with Crippen LogP contribution in [0.1, 0.15) is 44.5 Å². The first-order valence-electron chi connectivity index (χ1n) is 7.52. The average Bonchev–Trinajstić information content (AvgIpc) is 3.02. The summed E-state index contributed by atoms with van der Waals surface area (Å²) >= 11 is 2.01. The third-order valence-corrected chi connectivity index (χ3v) is 5.41. The number of rotatable bonds is 4. The van der Waals surface area contributed by atoms with Gasteiger partial charge < -0.3 is 10.3 Å². The third kappa shape index (κ3) is 2.41. The van der Waals surface area contributed by atoms with Crippen LogP contribution in [0.3, 0.4) is 0 Å². The van der Waals surface area contributed by atoms with Crippen molar-refractivity contribution in [2.45, 2.75) is 50.3 Å². The second-order valence-electron chi connectivity index (χ2n) is 5.72. The van der Waals surface area contributed by atoms with Gasteiger partial charge in [-0.3, -0.25) is 0 Å². The molecule has 2 N–H and O–H groups in total. The third-order valence-electron chi connectivity index (χ3n) is 4.32. The van der Waals surface area contributed by atoms with Gasteiger partial charge in [0.25, 0.3) is 0 Å². The van der Waals surface area contributed by atoms with Crippen molar-refractivity contribution in [1.82, 2.24) is 9.55 Å². The van der Waals surface area contributed by atoms with Crippen LogP contribution in [0.15, 0.2) is 18.2 Å². The highest BCUT2D eigenvalue weighted by molar-refractivity contribution is 7.99. The van der Waals surface area contributed by atoms with Crippen LogP contribution in [-0.4, -0.2) is 21.1 Å².